The van der Waals surface area contributed by atoms with Crippen LogP contribution in [-0.2, 0) is 0 Å². The standard InChI is InChI=1S/C13H21N/c1-3-11(2)9-10-13(14)12-7-5-4-6-8-12/h9-10H,2-8,14H2,1H3/b10-9-. The zero-order valence-electron chi connectivity index (χ0n) is 9.18. The molecule has 1 fully saturated rings. The molecule has 1 rings (SSSR count). The molecule has 0 bridgehead atoms. The molecule has 0 aliphatic heterocycles. The third-order valence-electron chi connectivity index (χ3n) is 2.82. The fourth-order valence-corrected chi connectivity index (χ4v) is 1.71. The Morgan fingerprint density at radius 1 is 1.29 bits per heavy atom. The molecule has 0 radical (unpaired) electrons. The molecule has 1 aliphatic carbocycles. The van der Waals surface area contributed by atoms with Gasteiger partial charge in [-0.2, -0.15) is 0 Å². The maximum absolute atomic E-state index is 6.00. The van der Waals surface area contributed by atoms with Crippen LogP contribution in [0, 0.1) is 0 Å². The molecule has 78 valence electrons. The van der Waals surface area contributed by atoms with Crippen LogP contribution in [0.25, 0.3) is 0 Å². The first-order chi connectivity index (χ1) is 6.74. The van der Waals surface area contributed by atoms with Crippen molar-refractivity contribution in [1.82, 2.24) is 0 Å². The number of nitrogens with two attached hydrogens (primary N) is 1. The Hall–Kier alpha value is -0.980. The Kier molecular flexibility index (Phi) is 4.51. The maximum Gasteiger partial charge on any atom is 0.0305 e. The molecule has 0 aromatic carbocycles. The van der Waals surface area contributed by atoms with Gasteiger partial charge in [-0.05, 0) is 43.8 Å². The highest BCUT2D eigenvalue weighted by molar-refractivity contribution is 5.28. The normalized spacial score (nSPS) is 17.4. The van der Waals surface area contributed by atoms with E-state index in [1.165, 1.54) is 37.7 Å². The number of allylic oxidation sites excluding steroid dienone is 4. The topological polar surface area (TPSA) is 26.0 Å². The summed E-state index contributed by atoms with van der Waals surface area (Å²) < 4.78 is 0. The summed E-state index contributed by atoms with van der Waals surface area (Å²) in [4.78, 5) is 0. The molecule has 0 saturated heterocycles. The summed E-state index contributed by atoms with van der Waals surface area (Å²) in [6.07, 6.45) is 11.4. The van der Waals surface area contributed by atoms with E-state index < -0.39 is 0 Å². The van der Waals surface area contributed by atoms with Gasteiger partial charge < -0.3 is 5.73 Å². The minimum absolute atomic E-state index is 0.972. The van der Waals surface area contributed by atoms with Crippen LogP contribution in [0.1, 0.15) is 45.4 Å². The number of hydrogen-bond acceptors (Lipinski definition) is 1. The van der Waals surface area contributed by atoms with E-state index in [-0.39, 0.29) is 0 Å². The van der Waals surface area contributed by atoms with Crippen LogP contribution in [-0.4, -0.2) is 0 Å². The van der Waals surface area contributed by atoms with E-state index in [0.717, 1.165) is 17.7 Å². The number of rotatable bonds is 3. The molecule has 0 aromatic heterocycles. The molecular formula is C13H21N. The summed E-state index contributed by atoms with van der Waals surface area (Å²) in [6.45, 7) is 6.03. The van der Waals surface area contributed by atoms with Crippen LogP contribution in [0.5, 0.6) is 0 Å². The lowest BCUT2D eigenvalue weighted by molar-refractivity contribution is 0.594. The minimum Gasteiger partial charge on any atom is -0.399 e. The minimum atomic E-state index is 0.972. The SMILES string of the molecule is C=C(/C=C\C(N)=C1CCCCC1)CC. The second kappa shape index (κ2) is 5.69. The Morgan fingerprint density at radius 3 is 2.50 bits per heavy atom. The van der Waals surface area contributed by atoms with Crippen LogP contribution in [0.15, 0.2) is 35.6 Å². The quantitative estimate of drug-likeness (QED) is 0.676. The first-order valence-corrected chi connectivity index (χ1v) is 5.57. The molecule has 1 nitrogen and oxygen atoms in total. The third kappa shape index (κ3) is 3.41. The van der Waals surface area contributed by atoms with E-state index in [1.807, 2.05) is 12.2 Å². The van der Waals surface area contributed by atoms with Crippen molar-refractivity contribution >= 4 is 0 Å². The van der Waals surface area contributed by atoms with Gasteiger partial charge in [0.1, 0.15) is 0 Å². The van der Waals surface area contributed by atoms with Gasteiger partial charge in [0.2, 0.25) is 0 Å². The molecule has 14 heavy (non-hydrogen) atoms. The highest BCUT2D eigenvalue weighted by Crippen LogP contribution is 2.24. The molecule has 0 amide bonds. The highest BCUT2D eigenvalue weighted by atomic mass is 14.6. The Balaban J connectivity index is 2.57. The summed E-state index contributed by atoms with van der Waals surface area (Å²) >= 11 is 0. The predicted molar refractivity (Wildman–Crippen MR) is 62.9 cm³/mol. The van der Waals surface area contributed by atoms with E-state index >= 15 is 0 Å². The molecule has 0 heterocycles. The van der Waals surface area contributed by atoms with Gasteiger partial charge in [0.15, 0.2) is 0 Å². The van der Waals surface area contributed by atoms with Gasteiger partial charge in [-0.15, -0.1) is 0 Å². The summed E-state index contributed by atoms with van der Waals surface area (Å²) in [5, 5.41) is 0. The van der Waals surface area contributed by atoms with E-state index in [1.54, 1.807) is 0 Å². The lowest BCUT2D eigenvalue weighted by atomic mass is 9.93. The molecule has 0 atom stereocenters. The smallest absolute Gasteiger partial charge is 0.0305 e. The van der Waals surface area contributed by atoms with E-state index in [0.29, 0.717) is 0 Å². The zero-order chi connectivity index (χ0) is 10.4. The summed E-state index contributed by atoms with van der Waals surface area (Å²) in [5.74, 6) is 0. The van der Waals surface area contributed by atoms with Crippen molar-refractivity contribution in [3.63, 3.8) is 0 Å². The van der Waals surface area contributed by atoms with Gasteiger partial charge in [0, 0.05) is 5.70 Å². The van der Waals surface area contributed by atoms with Crippen LogP contribution >= 0.6 is 0 Å². The van der Waals surface area contributed by atoms with Crippen molar-refractivity contribution in [2.24, 2.45) is 5.73 Å². The van der Waals surface area contributed by atoms with Gasteiger partial charge >= 0.3 is 0 Å². The van der Waals surface area contributed by atoms with Crippen LogP contribution < -0.4 is 5.73 Å². The van der Waals surface area contributed by atoms with Crippen molar-refractivity contribution in [3.05, 3.63) is 35.6 Å². The van der Waals surface area contributed by atoms with Crippen LogP contribution in [0.2, 0.25) is 0 Å². The summed E-state index contributed by atoms with van der Waals surface area (Å²) in [7, 11) is 0. The molecule has 0 unspecified atom stereocenters. The van der Waals surface area contributed by atoms with Gasteiger partial charge in [-0.1, -0.05) is 31.6 Å². The van der Waals surface area contributed by atoms with Gasteiger partial charge in [-0.3, -0.25) is 0 Å². The van der Waals surface area contributed by atoms with Gasteiger partial charge in [-0.25, -0.2) is 0 Å². The second-order valence-electron chi connectivity index (χ2n) is 3.96. The number of hydrogen-bond donors (Lipinski definition) is 1. The van der Waals surface area contributed by atoms with E-state index in [4.69, 9.17) is 5.73 Å². The predicted octanol–water partition coefficient (Wildman–Crippen LogP) is 3.69. The molecule has 1 saturated carbocycles. The Labute approximate surface area is 87.4 Å². The fourth-order valence-electron chi connectivity index (χ4n) is 1.71. The highest BCUT2D eigenvalue weighted by Gasteiger charge is 2.07. The molecule has 0 spiro atoms. The molecule has 1 heteroatoms. The largest absolute Gasteiger partial charge is 0.399 e. The molecule has 1 aliphatic rings. The van der Waals surface area contributed by atoms with Crippen molar-refractivity contribution in [2.45, 2.75) is 45.4 Å². The first kappa shape index (κ1) is 11.1. The van der Waals surface area contributed by atoms with Crippen molar-refractivity contribution < 1.29 is 0 Å². The van der Waals surface area contributed by atoms with Crippen LogP contribution in [0.3, 0.4) is 0 Å². The lowest BCUT2D eigenvalue weighted by Crippen LogP contribution is -2.03. The molecule has 2 N–H and O–H groups in total. The third-order valence-corrected chi connectivity index (χ3v) is 2.82. The van der Waals surface area contributed by atoms with Crippen molar-refractivity contribution in [3.8, 4) is 0 Å². The Bertz CT molecular complexity index is 250. The Morgan fingerprint density at radius 2 is 1.93 bits per heavy atom. The lowest BCUT2D eigenvalue weighted by Gasteiger charge is -2.15. The second-order valence-corrected chi connectivity index (χ2v) is 3.96. The molecular weight excluding hydrogens is 170 g/mol. The van der Waals surface area contributed by atoms with Crippen molar-refractivity contribution in [2.75, 3.05) is 0 Å². The van der Waals surface area contributed by atoms with Gasteiger partial charge in [0.05, 0.1) is 0 Å². The average Bonchev–Trinajstić information content (AvgIpc) is 2.26. The fraction of sp³-hybridized carbons (Fsp3) is 0.538. The first-order valence-electron chi connectivity index (χ1n) is 5.57. The maximum atomic E-state index is 6.00. The monoisotopic (exact) mass is 191 g/mol. The average molecular weight is 191 g/mol. The van der Waals surface area contributed by atoms with E-state index in [2.05, 4.69) is 13.5 Å². The molecule has 0 aromatic rings. The van der Waals surface area contributed by atoms with Crippen molar-refractivity contribution in [1.29, 1.82) is 0 Å². The van der Waals surface area contributed by atoms with Crippen LogP contribution in [0.4, 0.5) is 0 Å². The van der Waals surface area contributed by atoms with Gasteiger partial charge in [0.25, 0.3) is 0 Å². The summed E-state index contributed by atoms with van der Waals surface area (Å²) in [5.41, 5.74) is 9.56. The summed E-state index contributed by atoms with van der Waals surface area (Å²) in [6, 6.07) is 0. The van der Waals surface area contributed by atoms with E-state index in [9.17, 15) is 0 Å². The zero-order valence-corrected chi connectivity index (χ0v) is 9.18.